The average Bonchev–Trinajstić information content (AvgIpc) is 2.99. The number of rotatable bonds is 4. The number of carbonyl (C=O) groups is 2. The molecular formula is C11H11N3O3S2. The van der Waals surface area contributed by atoms with E-state index in [9.17, 15) is 9.59 Å². The maximum atomic E-state index is 11.8. The molecule has 8 heteroatoms. The van der Waals surface area contributed by atoms with Crippen LogP contribution < -0.4 is 11.1 Å². The molecule has 1 amide bonds. The van der Waals surface area contributed by atoms with Crippen LogP contribution in [0.1, 0.15) is 27.1 Å². The van der Waals surface area contributed by atoms with Crippen molar-refractivity contribution in [3.8, 4) is 0 Å². The topological polar surface area (TPSA) is 94.3 Å². The van der Waals surface area contributed by atoms with Gasteiger partial charge in [-0.3, -0.25) is 10.1 Å². The minimum Gasteiger partial charge on any atom is -0.461 e. The number of thiophene rings is 1. The Bertz CT molecular complexity index is 592. The molecule has 2 aromatic heterocycles. The molecule has 0 aromatic carbocycles. The average molecular weight is 297 g/mol. The highest BCUT2D eigenvalue weighted by Gasteiger charge is 2.19. The van der Waals surface area contributed by atoms with E-state index in [1.54, 1.807) is 24.4 Å². The van der Waals surface area contributed by atoms with E-state index >= 15 is 0 Å². The molecule has 0 aliphatic heterocycles. The Hall–Kier alpha value is -1.93. The fraction of sp³-hybridized carbons (Fsp3) is 0.182. The molecule has 2 rings (SSSR count). The van der Waals surface area contributed by atoms with E-state index in [1.165, 1.54) is 11.3 Å². The number of thiazole rings is 1. The molecule has 0 aliphatic carbocycles. The van der Waals surface area contributed by atoms with Crippen molar-refractivity contribution in [3.05, 3.63) is 28.1 Å². The Labute approximate surface area is 117 Å². The molecule has 0 radical (unpaired) electrons. The van der Waals surface area contributed by atoms with Crippen molar-refractivity contribution in [2.24, 2.45) is 0 Å². The van der Waals surface area contributed by atoms with Gasteiger partial charge in [-0.15, -0.1) is 11.3 Å². The molecule has 0 spiro atoms. The highest BCUT2D eigenvalue weighted by Crippen LogP contribution is 2.26. The third-order valence-electron chi connectivity index (χ3n) is 2.09. The van der Waals surface area contributed by atoms with E-state index in [0.29, 0.717) is 4.88 Å². The number of aromatic nitrogens is 1. The van der Waals surface area contributed by atoms with Crippen molar-refractivity contribution >= 4 is 44.7 Å². The second kappa shape index (κ2) is 5.81. The van der Waals surface area contributed by atoms with Crippen LogP contribution in [0.4, 0.5) is 10.1 Å². The van der Waals surface area contributed by atoms with Crippen molar-refractivity contribution in [1.82, 2.24) is 4.98 Å². The van der Waals surface area contributed by atoms with Crippen LogP contribution in [0.15, 0.2) is 17.5 Å². The lowest BCUT2D eigenvalue weighted by molar-refractivity contribution is 0.0521. The number of nitrogens with zero attached hydrogens (tertiary/aromatic N) is 1. The quantitative estimate of drug-likeness (QED) is 0.844. The summed E-state index contributed by atoms with van der Waals surface area (Å²) in [6, 6.07) is 3.48. The molecule has 0 saturated heterocycles. The number of nitrogens with one attached hydrogen (secondary N) is 1. The highest BCUT2D eigenvalue weighted by molar-refractivity contribution is 7.20. The lowest BCUT2D eigenvalue weighted by Crippen LogP contribution is -2.11. The first-order valence-electron chi connectivity index (χ1n) is 5.40. The van der Waals surface area contributed by atoms with Gasteiger partial charge in [0.25, 0.3) is 5.91 Å². The SMILES string of the molecule is CCOC(=O)c1nc(NC(=O)c2cccs2)sc1N. The lowest BCUT2D eigenvalue weighted by atomic mass is 10.4. The number of ether oxygens (including phenoxy) is 1. The van der Waals surface area contributed by atoms with Gasteiger partial charge in [-0.1, -0.05) is 17.4 Å². The zero-order valence-corrected chi connectivity index (χ0v) is 11.6. The predicted octanol–water partition coefficient (Wildman–Crippen LogP) is 2.22. The van der Waals surface area contributed by atoms with Crippen LogP contribution in [-0.2, 0) is 4.74 Å². The molecule has 0 unspecified atom stereocenters. The molecule has 19 heavy (non-hydrogen) atoms. The van der Waals surface area contributed by atoms with E-state index in [-0.39, 0.29) is 28.3 Å². The van der Waals surface area contributed by atoms with Crippen molar-refractivity contribution in [2.75, 3.05) is 17.7 Å². The largest absolute Gasteiger partial charge is 0.461 e. The fourth-order valence-electron chi connectivity index (χ4n) is 1.30. The molecule has 0 atom stereocenters. The van der Waals surface area contributed by atoms with Crippen LogP contribution in [-0.4, -0.2) is 23.5 Å². The van der Waals surface area contributed by atoms with Gasteiger partial charge < -0.3 is 10.5 Å². The van der Waals surface area contributed by atoms with Crippen LogP contribution in [0.5, 0.6) is 0 Å². The van der Waals surface area contributed by atoms with Crippen LogP contribution in [0, 0.1) is 0 Å². The minimum absolute atomic E-state index is 0.0355. The molecule has 0 aliphatic rings. The third kappa shape index (κ3) is 3.09. The van der Waals surface area contributed by atoms with E-state index in [4.69, 9.17) is 10.5 Å². The first kappa shape index (κ1) is 13.5. The zero-order chi connectivity index (χ0) is 13.8. The summed E-state index contributed by atoms with van der Waals surface area (Å²) in [5.41, 5.74) is 5.71. The minimum atomic E-state index is -0.590. The number of carbonyl (C=O) groups excluding carboxylic acids is 2. The number of anilines is 2. The first-order chi connectivity index (χ1) is 9.11. The normalized spacial score (nSPS) is 10.2. The van der Waals surface area contributed by atoms with Gasteiger partial charge in [-0.25, -0.2) is 9.78 Å². The molecule has 0 bridgehead atoms. The predicted molar refractivity (Wildman–Crippen MR) is 74.8 cm³/mol. The van der Waals surface area contributed by atoms with Crippen LogP contribution in [0.25, 0.3) is 0 Å². The molecule has 3 N–H and O–H groups in total. The Morgan fingerprint density at radius 3 is 2.95 bits per heavy atom. The Kier molecular flexibility index (Phi) is 4.13. The summed E-state index contributed by atoms with van der Waals surface area (Å²) >= 11 is 2.35. The molecule has 100 valence electrons. The number of nitrogen functional groups attached to an aromatic ring is 1. The summed E-state index contributed by atoms with van der Waals surface area (Å²) in [7, 11) is 0. The van der Waals surface area contributed by atoms with E-state index in [1.807, 2.05) is 0 Å². The Morgan fingerprint density at radius 1 is 1.53 bits per heavy atom. The third-order valence-corrected chi connectivity index (χ3v) is 3.76. The van der Waals surface area contributed by atoms with Gasteiger partial charge in [0.05, 0.1) is 11.5 Å². The Morgan fingerprint density at radius 2 is 2.32 bits per heavy atom. The van der Waals surface area contributed by atoms with Gasteiger partial charge in [0.2, 0.25) is 0 Å². The van der Waals surface area contributed by atoms with Gasteiger partial charge in [0.15, 0.2) is 10.8 Å². The molecule has 0 saturated carbocycles. The standard InChI is InChI=1S/C11H11N3O3S2/c1-2-17-10(16)7-8(12)19-11(13-7)14-9(15)6-4-3-5-18-6/h3-5H,2,12H2,1H3,(H,13,14,15). The van der Waals surface area contributed by atoms with Gasteiger partial charge in [-0.2, -0.15) is 0 Å². The number of amides is 1. The smallest absolute Gasteiger partial charge is 0.360 e. The van der Waals surface area contributed by atoms with Gasteiger partial charge in [-0.05, 0) is 18.4 Å². The first-order valence-corrected chi connectivity index (χ1v) is 7.09. The molecule has 6 nitrogen and oxygen atoms in total. The fourth-order valence-corrected chi connectivity index (χ4v) is 2.63. The van der Waals surface area contributed by atoms with E-state index < -0.39 is 5.97 Å². The van der Waals surface area contributed by atoms with Crippen molar-refractivity contribution < 1.29 is 14.3 Å². The summed E-state index contributed by atoms with van der Waals surface area (Å²) < 4.78 is 4.81. The van der Waals surface area contributed by atoms with Gasteiger partial charge in [0.1, 0.15) is 5.00 Å². The monoisotopic (exact) mass is 297 g/mol. The van der Waals surface area contributed by atoms with E-state index in [2.05, 4.69) is 10.3 Å². The van der Waals surface area contributed by atoms with Crippen LogP contribution >= 0.6 is 22.7 Å². The van der Waals surface area contributed by atoms with Crippen molar-refractivity contribution in [2.45, 2.75) is 6.92 Å². The molecular weight excluding hydrogens is 286 g/mol. The van der Waals surface area contributed by atoms with E-state index in [0.717, 1.165) is 11.3 Å². The van der Waals surface area contributed by atoms with Crippen molar-refractivity contribution in [3.63, 3.8) is 0 Å². The second-order valence-corrected chi connectivity index (χ2v) is 5.36. The maximum absolute atomic E-state index is 11.8. The number of esters is 1. The number of hydrogen-bond acceptors (Lipinski definition) is 7. The summed E-state index contributed by atoms with van der Waals surface area (Å²) in [6.07, 6.45) is 0. The lowest BCUT2D eigenvalue weighted by Gasteiger charge is -1.98. The van der Waals surface area contributed by atoms with Gasteiger partial charge >= 0.3 is 5.97 Å². The van der Waals surface area contributed by atoms with Crippen LogP contribution in [0.3, 0.4) is 0 Å². The van der Waals surface area contributed by atoms with Crippen molar-refractivity contribution in [1.29, 1.82) is 0 Å². The summed E-state index contributed by atoms with van der Waals surface area (Å²) in [6.45, 7) is 1.94. The zero-order valence-electron chi connectivity index (χ0n) is 10.0. The molecule has 2 aromatic rings. The van der Waals surface area contributed by atoms with Crippen LogP contribution in [0.2, 0.25) is 0 Å². The summed E-state index contributed by atoms with van der Waals surface area (Å²) in [4.78, 5) is 27.9. The summed E-state index contributed by atoms with van der Waals surface area (Å²) in [5, 5.41) is 4.89. The molecule has 0 fully saturated rings. The highest BCUT2D eigenvalue weighted by atomic mass is 32.1. The second-order valence-electron chi connectivity index (χ2n) is 3.38. The maximum Gasteiger partial charge on any atom is 0.360 e. The van der Waals surface area contributed by atoms with Gasteiger partial charge in [0, 0.05) is 0 Å². The molecule has 2 heterocycles. The number of nitrogens with two attached hydrogens (primary N) is 1. The Balaban J connectivity index is 2.12. The summed E-state index contributed by atoms with van der Waals surface area (Å²) in [5.74, 6) is -0.868. The number of hydrogen-bond donors (Lipinski definition) is 2.